The Labute approximate surface area is 148 Å². The predicted octanol–water partition coefficient (Wildman–Crippen LogP) is 6.66. The summed E-state index contributed by atoms with van der Waals surface area (Å²) in [6.45, 7) is 3.36. The maximum atomic E-state index is 2.64. The molecular formula is C23H33N. The van der Waals surface area contributed by atoms with E-state index in [1.807, 2.05) is 0 Å². The van der Waals surface area contributed by atoms with Gasteiger partial charge in [0.05, 0.1) is 6.04 Å². The minimum Gasteiger partial charge on any atom is -0.361 e. The van der Waals surface area contributed by atoms with Gasteiger partial charge >= 0.3 is 0 Å². The summed E-state index contributed by atoms with van der Waals surface area (Å²) in [5.74, 6) is 0. The Morgan fingerprint density at radius 3 is 2.25 bits per heavy atom. The first kappa shape index (κ1) is 17.3. The van der Waals surface area contributed by atoms with Crippen molar-refractivity contribution in [1.29, 1.82) is 0 Å². The minimum absolute atomic E-state index is 0.567. The van der Waals surface area contributed by atoms with Crippen LogP contribution in [0.25, 0.3) is 0 Å². The molecule has 1 nitrogen and oxygen atoms in total. The van der Waals surface area contributed by atoms with E-state index in [2.05, 4.69) is 54.3 Å². The van der Waals surface area contributed by atoms with Gasteiger partial charge in [-0.2, -0.15) is 0 Å². The lowest BCUT2D eigenvalue weighted by Crippen LogP contribution is -2.40. The summed E-state index contributed by atoms with van der Waals surface area (Å²) >= 11 is 0. The van der Waals surface area contributed by atoms with Gasteiger partial charge in [0.25, 0.3) is 0 Å². The van der Waals surface area contributed by atoms with Crippen LogP contribution in [0, 0.1) is 0 Å². The molecule has 2 aliphatic rings. The van der Waals surface area contributed by atoms with Gasteiger partial charge in [0.15, 0.2) is 0 Å². The zero-order valence-electron chi connectivity index (χ0n) is 15.3. The second-order valence-electron chi connectivity index (χ2n) is 7.58. The second kappa shape index (κ2) is 9.11. The summed E-state index contributed by atoms with van der Waals surface area (Å²) in [5, 5.41) is 0. The standard InChI is InChI=1S/C23H33N/c1-20-18-21-14-10-7-5-3-2-4-6-8-13-17-23(21)24(19-20)22-15-11-9-12-16-22/h9,11-12,14-16,18,23H,2-8,10,13,17,19H2,1H3/b21-14+. The Balaban J connectivity index is 1.83. The molecule has 0 aromatic heterocycles. The molecule has 24 heavy (non-hydrogen) atoms. The third kappa shape index (κ3) is 4.75. The molecule has 1 heteroatoms. The number of rotatable bonds is 1. The zero-order chi connectivity index (χ0) is 16.6. The van der Waals surface area contributed by atoms with Gasteiger partial charge in [0.2, 0.25) is 0 Å². The van der Waals surface area contributed by atoms with E-state index in [0.717, 1.165) is 6.54 Å². The highest BCUT2D eigenvalue weighted by molar-refractivity contribution is 5.54. The summed E-state index contributed by atoms with van der Waals surface area (Å²) in [4.78, 5) is 2.64. The van der Waals surface area contributed by atoms with Gasteiger partial charge < -0.3 is 4.90 Å². The van der Waals surface area contributed by atoms with Gasteiger partial charge in [-0.25, -0.2) is 0 Å². The van der Waals surface area contributed by atoms with Crippen molar-refractivity contribution in [3.05, 3.63) is 53.6 Å². The van der Waals surface area contributed by atoms with E-state index in [0.29, 0.717) is 6.04 Å². The fourth-order valence-electron chi connectivity index (χ4n) is 4.20. The number of anilines is 1. The first-order valence-electron chi connectivity index (χ1n) is 10.0. The summed E-state index contributed by atoms with van der Waals surface area (Å²) in [6.07, 6.45) is 18.8. The molecular weight excluding hydrogens is 290 g/mol. The number of hydrogen-bond acceptors (Lipinski definition) is 1. The Morgan fingerprint density at radius 2 is 1.50 bits per heavy atom. The fraction of sp³-hybridized carbons (Fsp3) is 0.565. The highest BCUT2D eigenvalue weighted by atomic mass is 15.2. The summed E-state index contributed by atoms with van der Waals surface area (Å²) in [5.41, 5.74) is 4.44. The Morgan fingerprint density at radius 1 is 0.833 bits per heavy atom. The van der Waals surface area contributed by atoms with Crippen molar-refractivity contribution >= 4 is 5.69 Å². The molecule has 0 N–H and O–H groups in total. The quantitative estimate of drug-likeness (QED) is 0.558. The van der Waals surface area contributed by atoms with Gasteiger partial charge in [-0.3, -0.25) is 0 Å². The van der Waals surface area contributed by atoms with Crippen LogP contribution in [-0.4, -0.2) is 12.6 Å². The van der Waals surface area contributed by atoms with E-state index in [9.17, 15) is 0 Å². The van der Waals surface area contributed by atoms with E-state index >= 15 is 0 Å². The third-order valence-electron chi connectivity index (χ3n) is 5.49. The smallest absolute Gasteiger partial charge is 0.0542 e. The summed E-state index contributed by atoms with van der Waals surface area (Å²) in [7, 11) is 0. The number of allylic oxidation sites excluding steroid dienone is 1. The molecule has 0 amide bonds. The Kier molecular flexibility index (Phi) is 6.57. The maximum Gasteiger partial charge on any atom is 0.0542 e. The number of nitrogens with zero attached hydrogens (tertiary/aromatic N) is 1. The molecule has 0 saturated heterocycles. The highest BCUT2D eigenvalue weighted by Crippen LogP contribution is 2.31. The molecule has 1 unspecified atom stereocenters. The van der Waals surface area contributed by atoms with Crippen LogP contribution in [0.3, 0.4) is 0 Å². The lowest BCUT2D eigenvalue weighted by Gasteiger charge is -2.39. The van der Waals surface area contributed by atoms with Crippen LogP contribution in [0.15, 0.2) is 53.6 Å². The van der Waals surface area contributed by atoms with Crippen LogP contribution in [0.1, 0.15) is 71.1 Å². The van der Waals surface area contributed by atoms with E-state index in [1.165, 1.54) is 75.5 Å². The van der Waals surface area contributed by atoms with Crippen molar-refractivity contribution in [2.75, 3.05) is 11.4 Å². The average Bonchev–Trinajstić information content (AvgIpc) is 2.63. The van der Waals surface area contributed by atoms with E-state index in [-0.39, 0.29) is 0 Å². The highest BCUT2D eigenvalue weighted by Gasteiger charge is 2.25. The lowest BCUT2D eigenvalue weighted by atomic mass is 9.91. The molecule has 0 spiro atoms. The number of benzene rings is 1. The van der Waals surface area contributed by atoms with Gasteiger partial charge in [0.1, 0.15) is 0 Å². The molecule has 1 aromatic rings. The van der Waals surface area contributed by atoms with Crippen molar-refractivity contribution in [2.45, 2.75) is 77.2 Å². The lowest BCUT2D eigenvalue weighted by molar-refractivity contribution is 0.536. The normalized spacial score (nSPS) is 26.0. The largest absolute Gasteiger partial charge is 0.361 e. The van der Waals surface area contributed by atoms with Crippen LogP contribution < -0.4 is 4.90 Å². The molecule has 1 heterocycles. The Bertz CT molecular complexity index is 555. The van der Waals surface area contributed by atoms with Gasteiger partial charge in [-0.1, -0.05) is 80.9 Å². The molecule has 1 aliphatic heterocycles. The number of hydrogen-bond donors (Lipinski definition) is 0. The van der Waals surface area contributed by atoms with Gasteiger partial charge in [0, 0.05) is 12.2 Å². The maximum absolute atomic E-state index is 2.64. The van der Waals surface area contributed by atoms with Crippen molar-refractivity contribution in [3.8, 4) is 0 Å². The van der Waals surface area contributed by atoms with E-state index in [4.69, 9.17) is 0 Å². The summed E-state index contributed by atoms with van der Waals surface area (Å²) in [6, 6.07) is 11.6. The van der Waals surface area contributed by atoms with Crippen LogP contribution in [0.5, 0.6) is 0 Å². The molecule has 0 radical (unpaired) electrons. The molecule has 0 fully saturated rings. The summed E-state index contributed by atoms with van der Waals surface area (Å²) < 4.78 is 0. The predicted molar refractivity (Wildman–Crippen MR) is 106 cm³/mol. The average molecular weight is 324 g/mol. The van der Waals surface area contributed by atoms with Crippen LogP contribution in [0.4, 0.5) is 5.69 Å². The molecule has 0 bridgehead atoms. The van der Waals surface area contributed by atoms with Crippen LogP contribution in [-0.2, 0) is 0 Å². The molecule has 1 aromatic carbocycles. The minimum atomic E-state index is 0.567. The number of fused-ring (bicyclic) bond motifs is 1. The first-order valence-corrected chi connectivity index (χ1v) is 10.0. The van der Waals surface area contributed by atoms with E-state index in [1.54, 1.807) is 5.57 Å². The zero-order valence-corrected chi connectivity index (χ0v) is 15.3. The molecule has 1 atom stereocenters. The second-order valence-corrected chi connectivity index (χ2v) is 7.58. The monoisotopic (exact) mass is 323 g/mol. The van der Waals surface area contributed by atoms with Gasteiger partial charge in [-0.05, 0) is 43.9 Å². The fourth-order valence-corrected chi connectivity index (χ4v) is 4.20. The van der Waals surface area contributed by atoms with Crippen molar-refractivity contribution in [1.82, 2.24) is 0 Å². The molecule has 130 valence electrons. The van der Waals surface area contributed by atoms with E-state index < -0.39 is 0 Å². The molecule has 0 saturated carbocycles. The van der Waals surface area contributed by atoms with Crippen molar-refractivity contribution in [2.24, 2.45) is 0 Å². The molecule has 3 rings (SSSR count). The van der Waals surface area contributed by atoms with Gasteiger partial charge in [-0.15, -0.1) is 0 Å². The topological polar surface area (TPSA) is 3.24 Å². The van der Waals surface area contributed by atoms with Crippen LogP contribution in [0.2, 0.25) is 0 Å². The van der Waals surface area contributed by atoms with Crippen molar-refractivity contribution < 1.29 is 0 Å². The first-order chi connectivity index (χ1) is 11.8. The van der Waals surface area contributed by atoms with Crippen LogP contribution >= 0.6 is 0 Å². The Hall–Kier alpha value is -1.50. The molecule has 1 aliphatic carbocycles. The third-order valence-corrected chi connectivity index (χ3v) is 5.49. The van der Waals surface area contributed by atoms with Crippen molar-refractivity contribution in [3.63, 3.8) is 0 Å². The number of para-hydroxylation sites is 1. The SMILES string of the molecule is CC1=C/C2=C\CCCCCCCCCCC2N(c2ccccc2)C1.